The van der Waals surface area contributed by atoms with Gasteiger partial charge in [-0.05, 0) is 17.7 Å². The molecule has 2 heterocycles. The number of hydrogen-bond donors (Lipinski definition) is 1. The molecular weight excluding hydrogens is 285 g/mol. The molecule has 3 rings (SSSR count). The van der Waals surface area contributed by atoms with E-state index < -0.39 is 0 Å². The summed E-state index contributed by atoms with van der Waals surface area (Å²) in [6, 6.07) is 5.77. The first-order chi connectivity index (χ1) is 9.20. The number of nitrogens with one attached hydrogen (secondary N) is 1. The van der Waals surface area contributed by atoms with E-state index in [0.29, 0.717) is 10.7 Å². The molecular formula is C13H9Cl2N3O. The Morgan fingerprint density at radius 2 is 2.11 bits per heavy atom. The number of fused-ring (bicyclic) bond motifs is 1. The van der Waals surface area contributed by atoms with E-state index in [-0.39, 0.29) is 5.28 Å². The van der Waals surface area contributed by atoms with Gasteiger partial charge in [0.2, 0.25) is 5.28 Å². The van der Waals surface area contributed by atoms with Crippen LogP contribution in [0.2, 0.25) is 10.3 Å². The van der Waals surface area contributed by atoms with Gasteiger partial charge in [0.1, 0.15) is 5.75 Å². The average Bonchev–Trinajstić information content (AvgIpc) is 2.85. The SMILES string of the molecule is COc1cccc2c(-c3nc(Cl)ncc3Cl)c[nH]c12. The van der Waals surface area contributed by atoms with Crippen LogP contribution >= 0.6 is 23.2 Å². The van der Waals surface area contributed by atoms with Crippen LogP contribution in [0.5, 0.6) is 5.75 Å². The Morgan fingerprint density at radius 1 is 1.26 bits per heavy atom. The predicted octanol–water partition coefficient (Wildman–Crippen LogP) is 3.94. The molecule has 4 nitrogen and oxygen atoms in total. The summed E-state index contributed by atoms with van der Waals surface area (Å²) in [5.41, 5.74) is 2.36. The van der Waals surface area contributed by atoms with Crippen molar-refractivity contribution < 1.29 is 4.74 Å². The van der Waals surface area contributed by atoms with Crippen molar-refractivity contribution in [1.29, 1.82) is 0 Å². The van der Waals surface area contributed by atoms with Gasteiger partial charge in [0, 0.05) is 17.1 Å². The number of nitrogens with zero attached hydrogens (tertiary/aromatic N) is 2. The van der Waals surface area contributed by atoms with Crippen molar-refractivity contribution in [1.82, 2.24) is 15.0 Å². The molecule has 3 aromatic rings. The number of rotatable bonds is 2. The molecule has 1 aromatic carbocycles. The Kier molecular flexibility index (Phi) is 3.05. The first-order valence-electron chi connectivity index (χ1n) is 5.53. The number of benzene rings is 1. The van der Waals surface area contributed by atoms with E-state index in [1.807, 2.05) is 24.4 Å². The van der Waals surface area contributed by atoms with Gasteiger partial charge in [-0.3, -0.25) is 0 Å². The molecule has 0 fully saturated rings. The molecule has 0 unspecified atom stereocenters. The van der Waals surface area contributed by atoms with Crippen LogP contribution in [0, 0.1) is 0 Å². The van der Waals surface area contributed by atoms with E-state index in [1.54, 1.807) is 7.11 Å². The Hall–Kier alpha value is -1.78. The van der Waals surface area contributed by atoms with Crippen molar-refractivity contribution >= 4 is 34.1 Å². The number of methoxy groups -OCH3 is 1. The largest absolute Gasteiger partial charge is 0.495 e. The van der Waals surface area contributed by atoms with Gasteiger partial charge in [0.25, 0.3) is 0 Å². The maximum atomic E-state index is 6.13. The van der Waals surface area contributed by atoms with Crippen LogP contribution < -0.4 is 4.74 Å². The molecule has 0 saturated heterocycles. The van der Waals surface area contributed by atoms with Crippen molar-refractivity contribution in [3.05, 3.63) is 40.9 Å². The normalized spacial score (nSPS) is 10.9. The molecule has 2 aromatic heterocycles. The Labute approximate surface area is 119 Å². The van der Waals surface area contributed by atoms with Gasteiger partial charge in [-0.2, -0.15) is 0 Å². The molecule has 0 bridgehead atoms. The lowest BCUT2D eigenvalue weighted by Crippen LogP contribution is -1.88. The number of aromatic amines is 1. The van der Waals surface area contributed by atoms with Crippen molar-refractivity contribution in [2.24, 2.45) is 0 Å². The van der Waals surface area contributed by atoms with E-state index in [1.165, 1.54) is 6.20 Å². The first-order valence-corrected chi connectivity index (χ1v) is 6.29. The van der Waals surface area contributed by atoms with Gasteiger partial charge in [-0.25, -0.2) is 9.97 Å². The molecule has 0 aliphatic heterocycles. The lowest BCUT2D eigenvalue weighted by Gasteiger charge is -2.03. The predicted molar refractivity (Wildman–Crippen MR) is 75.9 cm³/mol. The second kappa shape index (κ2) is 4.72. The summed E-state index contributed by atoms with van der Waals surface area (Å²) < 4.78 is 5.31. The standard InChI is InChI=1S/C13H9Cl2N3O/c1-19-10-4-2-3-7-8(5-16-12(7)10)11-9(14)6-17-13(15)18-11/h2-6,16H,1H3. The van der Waals surface area contributed by atoms with Gasteiger partial charge in [-0.15, -0.1) is 0 Å². The second-order valence-corrected chi connectivity index (χ2v) is 4.67. The summed E-state index contributed by atoms with van der Waals surface area (Å²) in [7, 11) is 1.63. The number of H-pyrrole nitrogens is 1. The van der Waals surface area contributed by atoms with Crippen LogP contribution in [-0.2, 0) is 0 Å². The van der Waals surface area contributed by atoms with Crippen LogP contribution in [0.3, 0.4) is 0 Å². The molecule has 0 atom stereocenters. The minimum Gasteiger partial charge on any atom is -0.495 e. The Morgan fingerprint density at radius 3 is 2.89 bits per heavy atom. The molecule has 0 aliphatic rings. The summed E-state index contributed by atoms with van der Waals surface area (Å²) in [6.45, 7) is 0. The van der Waals surface area contributed by atoms with E-state index in [0.717, 1.165) is 22.2 Å². The van der Waals surface area contributed by atoms with Crippen LogP contribution in [0.15, 0.2) is 30.6 Å². The molecule has 0 spiro atoms. The summed E-state index contributed by atoms with van der Waals surface area (Å²) in [5.74, 6) is 0.764. The van der Waals surface area contributed by atoms with Crippen molar-refractivity contribution in [3.63, 3.8) is 0 Å². The van der Waals surface area contributed by atoms with Crippen LogP contribution in [0.1, 0.15) is 0 Å². The van der Waals surface area contributed by atoms with Crippen molar-refractivity contribution in [2.45, 2.75) is 0 Å². The lowest BCUT2D eigenvalue weighted by atomic mass is 10.1. The highest BCUT2D eigenvalue weighted by Crippen LogP contribution is 2.35. The lowest BCUT2D eigenvalue weighted by molar-refractivity contribution is 0.419. The van der Waals surface area contributed by atoms with Crippen molar-refractivity contribution in [2.75, 3.05) is 7.11 Å². The Bertz CT molecular complexity index is 755. The quantitative estimate of drug-likeness (QED) is 0.728. The van der Waals surface area contributed by atoms with Crippen LogP contribution in [-0.4, -0.2) is 22.1 Å². The minimum absolute atomic E-state index is 0.164. The highest BCUT2D eigenvalue weighted by Gasteiger charge is 2.14. The number of hydrogen-bond acceptors (Lipinski definition) is 3. The maximum Gasteiger partial charge on any atom is 0.222 e. The molecule has 0 saturated carbocycles. The number of halogens is 2. The van der Waals surface area contributed by atoms with Gasteiger partial charge < -0.3 is 9.72 Å². The minimum atomic E-state index is 0.164. The summed E-state index contributed by atoms with van der Waals surface area (Å²) >= 11 is 12.0. The fourth-order valence-corrected chi connectivity index (χ4v) is 2.35. The molecule has 0 aliphatic carbocycles. The third kappa shape index (κ3) is 2.03. The second-order valence-electron chi connectivity index (χ2n) is 3.92. The van der Waals surface area contributed by atoms with Crippen molar-refractivity contribution in [3.8, 4) is 17.0 Å². The summed E-state index contributed by atoms with van der Waals surface area (Å²) in [6.07, 6.45) is 3.32. The first kappa shape index (κ1) is 12.3. The van der Waals surface area contributed by atoms with Gasteiger partial charge in [-0.1, -0.05) is 23.7 Å². The highest BCUT2D eigenvalue weighted by molar-refractivity contribution is 6.34. The fraction of sp³-hybridized carbons (Fsp3) is 0.0769. The van der Waals surface area contributed by atoms with Crippen LogP contribution in [0.4, 0.5) is 0 Å². The zero-order chi connectivity index (χ0) is 13.4. The van der Waals surface area contributed by atoms with E-state index in [4.69, 9.17) is 27.9 Å². The monoisotopic (exact) mass is 293 g/mol. The third-order valence-electron chi connectivity index (χ3n) is 2.87. The molecule has 0 radical (unpaired) electrons. The summed E-state index contributed by atoms with van der Waals surface area (Å²) in [5, 5.41) is 1.58. The van der Waals surface area contributed by atoms with Crippen LogP contribution in [0.25, 0.3) is 22.2 Å². The molecule has 1 N–H and O–H groups in total. The summed E-state index contributed by atoms with van der Waals surface area (Å²) in [4.78, 5) is 11.2. The maximum absolute atomic E-state index is 6.13. The third-order valence-corrected chi connectivity index (χ3v) is 3.33. The van der Waals surface area contributed by atoms with E-state index >= 15 is 0 Å². The zero-order valence-corrected chi connectivity index (χ0v) is 11.5. The van der Waals surface area contributed by atoms with Gasteiger partial charge in [0.05, 0.1) is 29.5 Å². The smallest absolute Gasteiger partial charge is 0.222 e. The Balaban J connectivity index is 2.29. The molecule has 96 valence electrons. The van der Waals surface area contributed by atoms with E-state index in [9.17, 15) is 0 Å². The molecule has 6 heteroatoms. The molecule has 19 heavy (non-hydrogen) atoms. The highest BCUT2D eigenvalue weighted by atomic mass is 35.5. The van der Waals surface area contributed by atoms with E-state index in [2.05, 4.69) is 15.0 Å². The average molecular weight is 294 g/mol. The molecule has 0 amide bonds. The zero-order valence-electron chi connectivity index (χ0n) is 9.95. The topological polar surface area (TPSA) is 50.8 Å². The van der Waals surface area contributed by atoms with Gasteiger partial charge in [0.15, 0.2) is 0 Å². The fourth-order valence-electron chi connectivity index (χ4n) is 2.03. The number of para-hydroxylation sites is 1. The van der Waals surface area contributed by atoms with Gasteiger partial charge >= 0.3 is 0 Å². The number of ether oxygens (including phenoxy) is 1. The number of aromatic nitrogens is 3.